The highest BCUT2D eigenvalue weighted by Crippen LogP contribution is 2.27. The molecule has 0 aliphatic heterocycles. The molecule has 1 nitrogen and oxygen atoms in total. The van der Waals surface area contributed by atoms with E-state index in [0.29, 0.717) is 0 Å². The SMILES string of the molecule is Pc1cccn1C1CCCCC1.c1ccccc1. The topological polar surface area (TPSA) is 4.93 Å². The fourth-order valence-corrected chi connectivity index (χ4v) is 2.89. The molecule has 1 fully saturated rings. The molecule has 18 heavy (non-hydrogen) atoms. The Hall–Kier alpha value is -1.07. The van der Waals surface area contributed by atoms with E-state index in [2.05, 4.69) is 32.1 Å². The van der Waals surface area contributed by atoms with Crippen molar-refractivity contribution in [1.82, 2.24) is 4.57 Å². The molecule has 1 aromatic carbocycles. The van der Waals surface area contributed by atoms with Crippen molar-refractivity contribution in [2.24, 2.45) is 0 Å². The number of hydrogen-bond acceptors (Lipinski definition) is 0. The van der Waals surface area contributed by atoms with Crippen molar-refractivity contribution in [2.75, 3.05) is 0 Å². The first kappa shape index (κ1) is 13.4. The Balaban J connectivity index is 0.000000169. The third-order valence-corrected chi connectivity index (χ3v) is 3.94. The second kappa shape index (κ2) is 7.38. The summed E-state index contributed by atoms with van der Waals surface area (Å²) >= 11 is 0. The van der Waals surface area contributed by atoms with Gasteiger partial charge in [0.25, 0.3) is 0 Å². The number of aromatic nitrogens is 1. The molecule has 1 atom stereocenters. The lowest BCUT2D eigenvalue weighted by atomic mass is 9.95. The Morgan fingerprint density at radius 1 is 0.833 bits per heavy atom. The van der Waals surface area contributed by atoms with Gasteiger partial charge in [0.1, 0.15) is 0 Å². The number of benzene rings is 1. The van der Waals surface area contributed by atoms with Crippen molar-refractivity contribution in [3.8, 4) is 0 Å². The van der Waals surface area contributed by atoms with E-state index >= 15 is 0 Å². The first-order valence-corrected chi connectivity index (χ1v) is 7.38. The number of nitrogens with zero attached hydrogens (tertiary/aromatic N) is 1. The maximum absolute atomic E-state index is 2.81. The third-order valence-electron chi connectivity index (χ3n) is 3.45. The average Bonchev–Trinajstić information content (AvgIpc) is 2.89. The van der Waals surface area contributed by atoms with Crippen LogP contribution >= 0.6 is 9.24 Å². The first-order valence-electron chi connectivity index (χ1n) is 6.80. The molecule has 2 heteroatoms. The van der Waals surface area contributed by atoms with Gasteiger partial charge in [-0.1, -0.05) is 64.9 Å². The molecule has 0 amide bonds. The summed E-state index contributed by atoms with van der Waals surface area (Å²) in [5.41, 5.74) is 1.34. The lowest BCUT2D eigenvalue weighted by molar-refractivity contribution is 0.359. The zero-order valence-corrected chi connectivity index (χ0v) is 12.0. The number of rotatable bonds is 1. The molecule has 0 bridgehead atoms. The third kappa shape index (κ3) is 3.99. The van der Waals surface area contributed by atoms with Crippen LogP contribution in [0.15, 0.2) is 54.7 Å². The molecule has 1 saturated carbocycles. The Morgan fingerprint density at radius 2 is 1.39 bits per heavy atom. The molecular formula is C16H22NP. The predicted molar refractivity (Wildman–Crippen MR) is 82.3 cm³/mol. The average molecular weight is 259 g/mol. The minimum absolute atomic E-state index is 0.779. The van der Waals surface area contributed by atoms with E-state index in [4.69, 9.17) is 0 Å². The molecule has 0 radical (unpaired) electrons. The number of hydrogen-bond donors (Lipinski definition) is 0. The summed E-state index contributed by atoms with van der Waals surface area (Å²) in [5, 5.41) is 0. The molecule has 0 N–H and O–H groups in total. The lowest BCUT2D eigenvalue weighted by Gasteiger charge is -2.24. The molecule has 1 unspecified atom stereocenters. The van der Waals surface area contributed by atoms with Crippen molar-refractivity contribution in [3.05, 3.63) is 54.7 Å². The first-order chi connectivity index (χ1) is 8.88. The van der Waals surface area contributed by atoms with Crippen LogP contribution in [0.4, 0.5) is 0 Å². The quantitative estimate of drug-likeness (QED) is 0.677. The van der Waals surface area contributed by atoms with Crippen LogP contribution < -0.4 is 5.44 Å². The van der Waals surface area contributed by atoms with Gasteiger partial charge in [0, 0.05) is 17.7 Å². The van der Waals surface area contributed by atoms with Gasteiger partial charge in [-0.25, -0.2) is 0 Å². The maximum atomic E-state index is 2.81. The smallest absolute Gasteiger partial charge is 0.0349 e. The summed E-state index contributed by atoms with van der Waals surface area (Å²) in [6.45, 7) is 0. The van der Waals surface area contributed by atoms with Crippen LogP contribution in [0.3, 0.4) is 0 Å². The van der Waals surface area contributed by atoms with Gasteiger partial charge in [0.05, 0.1) is 0 Å². The Labute approximate surface area is 112 Å². The van der Waals surface area contributed by atoms with Crippen molar-refractivity contribution in [2.45, 2.75) is 38.1 Å². The predicted octanol–water partition coefficient (Wildman–Crippen LogP) is 4.18. The van der Waals surface area contributed by atoms with Crippen LogP contribution in [-0.2, 0) is 0 Å². The van der Waals surface area contributed by atoms with Gasteiger partial charge in [-0.3, -0.25) is 0 Å². The highest BCUT2D eigenvalue weighted by molar-refractivity contribution is 7.27. The summed E-state index contributed by atoms with van der Waals surface area (Å²) in [6.07, 6.45) is 9.20. The summed E-state index contributed by atoms with van der Waals surface area (Å²) in [6, 6.07) is 17.1. The zero-order valence-electron chi connectivity index (χ0n) is 10.8. The molecule has 1 aromatic heterocycles. The minimum atomic E-state index is 0.779. The fourth-order valence-electron chi connectivity index (χ4n) is 2.48. The van der Waals surface area contributed by atoms with E-state index in [0.717, 1.165) is 6.04 Å². The highest BCUT2D eigenvalue weighted by Gasteiger charge is 2.14. The van der Waals surface area contributed by atoms with E-state index in [-0.39, 0.29) is 0 Å². The van der Waals surface area contributed by atoms with Gasteiger partial charge in [-0.05, 0) is 25.0 Å². The molecular weight excluding hydrogens is 237 g/mol. The Morgan fingerprint density at radius 3 is 1.83 bits per heavy atom. The molecule has 96 valence electrons. The standard InChI is InChI=1S/C10H16NP.C6H6/c12-10-7-4-8-11(10)9-5-2-1-3-6-9;1-2-4-6-5-3-1/h4,7-9H,1-3,5-6,12H2;1-6H. The fraction of sp³-hybridized carbons (Fsp3) is 0.375. The van der Waals surface area contributed by atoms with E-state index in [1.54, 1.807) is 0 Å². The summed E-state index contributed by atoms with van der Waals surface area (Å²) < 4.78 is 2.41. The zero-order chi connectivity index (χ0) is 12.6. The van der Waals surface area contributed by atoms with Crippen molar-refractivity contribution in [3.63, 3.8) is 0 Å². The second-order valence-electron chi connectivity index (χ2n) is 4.79. The van der Waals surface area contributed by atoms with Gasteiger partial charge < -0.3 is 4.57 Å². The van der Waals surface area contributed by atoms with E-state index in [9.17, 15) is 0 Å². The van der Waals surface area contributed by atoms with Crippen LogP contribution in [0.2, 0.25) is 0 Å². The summed E-state index contributed by atoms with van der Waals surface area (Å²) in [5.74, 6) is 0. The summed E-state index contributed by atoms with van der Waals surface area (Å²) in [4.78, 5) is 0. The van der Waals surface area contributed by atoms with E-state index in [1.165, 1.54) is 37.5 Å². The maximum Gasteiger partial charge on any atom is 0.0349 e. The van der Waals surface area contributed by atoms with Crippen molar-refractivity contribution < 1.29 is 0 Å². The summed E-state index contributed by atoms with van der Waals surface area (Å²) in [7, 11) is 2.81. The molecule has 0 saturated heterocycles. The second-order valence-corrected chi connectivity index (χ2v) is 5.38. The van der Waals surface area contributed by atoms with Crippen LogP contribution in [0, 0.1) is 0 Å². The molecule has 0 spiro atoms. The normalized spacial score (nSPS) is 15.8. The van der Waals surface area contributed by atoms with Gasteiger partial charge in [0.2, 0.25) is 0 Å². The monoisotopic (exact) mass is 259 g/mol. The van der Waals surface area contributed by atoms with Crippen LogP contribution in [0.25, 0.3) is 0 Å². The van der Waals surface area contributed by atoms with Crippen molar-refractivity contribution >= 4 is 14.7 Å². The molecule has 1 aliphatic carbocycles. The lowest BCUT2D eigenvalue weighted by Crippen LogP contribution is -2.18. The minimum Gasteiger partial charge on any atom is -0.345 e. The van der Waals surface area contributed by atoms with Gasteiger partial charge in [-0.2, -0.15) is 0 Å². The van der Waals surface area contributed by atoms with Gasteiger partial charge in [-0.15, -0.1) is 0 Å². The van der Waals surface area contributed by atoms with Gasteiger partial charge in [0.15, 0.2) is 0 Å². The largest absolute Gasteiger partial charge is 0.345 e. The molecule has 1 aliphatic rings. The van der Waals surface area contributed by atoms with Gasteiger partial charge >= 0.3 is 0 Å². The highest BCUT2D eigenvalue weighted by atomic mass is 31.0. The van der Waals surface area contributed by atoms with Crippen molar-refractivity contribution in [1.29, 1.82) is 0 Å². The Kier molecular flexibility index (Phi) is 5.48. The molecule has 1 heterocycles. The van der Waals surface area contributed by atoms with Crippen LogP contribution in [-0.4, -0.2) is 4.57 Å². The molecule has 2 aromatic rings. The van der Waals surface area contributed by atoms with E-state index < -0.39 is 0 Å². The molecule has 3 rings (SSSR count). The van der Waals surface area contributed by atoms with Crippen LogP contribution in [0.5, 0.6) is 0 Å². The Bertz CT molecular complexity index is 403. The van der Waals surface area contributed by atoms with Crippen LogP contribution in [0.1, 0.15) is 38.1 Å². The van der Waals surface area contributed by atoms with E-state index in [1.807, 2.05) is 36.4 Å².